The standard InChI is InChI=1S/C19H25N/c1-5-19(20-6-2)17-11-9-16(10-12-17)18-8-7-14(3)15(4)13-18/h7-13,19-20H,5-6H2,1-4H3. The molecule has 1 atom stereocenters. The van der Waals surface area contributed by atoms with Gasteiger partial charge < -0.3 is 5.32 Å². The van der Waals surface area contributed by atoms with Gasteiger partial charge in [-0.1, -0.05) is 56.3 Å². The van der Waals surface area contributed by atoms with Crippen LogP contribution in [0.1, 0.15) is 43.0 Å². The first kappa shape index (κ1) is 14.8. The summed E-state index contributed by atoms with van der Waals surface area (Å²) in [6.07, 6.45) is 1.12. The molecule has 0 radical (unpaired) electrons. The molecule has 2 rings (SSSR count). The van der Waals surface area contributed by atoms with Crippen molar-refractivity contribution < 1.29 is 0 Å². The first-order valence-electron chi connectivity index (χ1n) is 7.56. The fraction of sp³-hybridized carbons (Fsp3) is 0.368. The van der Waals surface area contributed by atoms with Crippen molar-refractivity contribution in [3.8, 4) is 11.1 Å². The maximum atomic E-state index is 3.52. The maximum absolute atomic E-state index is 3.52. The summed E-state index contributed by atoms with van der Waals surface area (Å²) in [4.78, 5) is 0. The molecule has 0 aliphatic carbocycles. The van der Waals surface area contributed by atoms with Gasteiger partial charge >= 0.3 is 0 Å². The summed E-state index contributed by atoms with van der Waals surface area (Å²) in [6, 6.07) is 16.1. The van der Waals surface area contributed by atoms with Crippen molar-refractivity contribution in [1.82, 2.24) is 5.32 Å². The van der Waals surface area contributed by atoms with E-state index < -0.39 is 0 Å². The van der Waals surface area contributed by atoms with E-state index in [0.717, 1.165) is 13.0 Å². The van der Waals surface area contributed by atoms with Crippen LogP contribution in [-0.2, 0) is 0 Å². The fourth-order valence-corrected chi connectivity index (χ4v) is 2.57. The largest absolute Gasteiger partial charge is 0.310 e. The van der Waals surface area contributed by atoms with Crippen molar-refractivity contribution in [3.63, 3.8) is 0 Å². The third kappa shape index (κ3) is 3.29. The van der Waals surface area contributed by atoms with Gasteiger partial charge in [0.05, 0.1) is 0 Å². The summed E-state index contributed by atoms with van der Waals surface area (Å²) < 4.78 is 0. The van der Waals surface area contributed by atoms with Crippen molar-refractivity contribution in [2.75, 3.05) is 6.54 Å². The van der Waals surface area contributed by atoms with Crippen LogP contribution in [0.5, 0.6) is 0 Å². The van der Waals surface area contributed by atoms with Crippen LogP contribution in [0, 0.1) is 13.8 Å². The zero-order valence-electron chi connectivity index (χ0n) is 13.0. The average molecular weight is 267 g/mol. The highest BCUT2D eigenvalue weighted by atomic mass is 14.9. The van der Waals surface area contributed by atoms with E-state index in [-0.39, 0.29) is 0 Å². The Morgan fingerprint density at radius 3 is 2.05 bits per heavy atom. The average Bonchev–Trinajstić information content (AvgIpc) is 2.48. The molecule has 0 amide bonds. The van der Waals surface area contributed by atoms with E-state index in [4.69, 9.17) is 0 Å². The quantitative estimate of drug-likeness (QED) is 0.801. The third-order valence-electron chi connectivity index (χ3n) is 4.01. The van der Waals surface area contributed by atoms with Crippen LogP contribution in [-0.4, -0.2) is 6.54 Å². The van der Waals surface area contributed by atoms with Crippen LogP contribution in [0.2, 0.25) is 0 Å². The van der Waals surface area contributed by atoms with Crippen LogP contribution in [0.3, 0.4) is 0 Å². The van der Waals surface area contributed by atoms with Gasteiger partial charge in [-0.3, -0.25) is 0 Å². The molecule has 0 aliphatic rings. The Kier molecular flexibility index (Phi) is 4.97. The monoisotopic (exact) mass is 267 g/mol. The van der Waals surface area contributed by atoms with E-state index in [1.165, 1.54) is 27.8 Å². The number of hydrogen-bond donors (Lipinski definition) is 1. The van der Waals surface area contributed by atoms with Crippen molar-refractivity contribution in [1.29, 1.82) is 0 Å². The van der Waals surface area contributed by atoms with Gasteiger partial charge in [0, 0.05) is 6.04 Å². The van der Waals surface area contributed by atoms with Crippen LogP contribution >= 0.6 is 0 Å². The second-order valence-electron chi connectivity index (χ2n) is 5.44. The second kappa shape index (κ2) is 6.71. The van der Waals surface area contributed by atoms with Gasteiger partial charge in [0.1, 0.15) is 0 Å². The normalized spacial score (nSPS) is 12.4. The summed E-state index contributed by atoms with van der Waals surface area (Å²) in [5.41, 5.74) is 6.68. The molecule has 20 heavy (non-hydrogen) atoms. The maximum Gasteiger partial charge on any atom is 0.0317 e. The summed E-state index contributed by atoms with van der Waals surface area (Å²) >= 11 is 0. The Morgan fingerprint density at radius 2 is 1.50 bits per heavy atom. The van der Waals surface area contributed by atoms with E-state index in [9.17, 15) is 0 Å². The van der Waals surface area contributed by atoms with E-state index >= 15 is 0 Å². The predicted octanol–water partition coefficient (Wildman–Crippen LogP) is 5.03. The minimum atomic E-state index is 0.466. The zero-order valence-corrected chi connectivity index (χ0v) is 13.0. The van der Waals surface area contributed by atoms with Gasteiger partial charge in [0.25, 0.3) is 0 Å². The topological polar surface area (TPSA) is 12.0 Å². The molecule has 1 nitrogen and oxygen atoms in total. The highest BCUT2D eigenvalue weighted by molar-refractivity contribution is 5.65. The molecule has 1 N–H and O–H groups in total. The fourth-order valence-electron chi connectivity index (χ4n) is 2.57. The molecule has 0 bridgehead atoms. The van der Waals surface area contributed by atoms with E-state index in [1.807, 2.05) is 0 Å². The number of hydrogen-bond acceptors (Lipinski definition) is 1. The smallest absolute Gasteiger partial charge is 0.0317 e. The third-order valence-corrected chi connectivity index (χ3v) is 4.01. The number of rotatable bonds is 5. The highest BCUT2D eigenvalue weighted by Crippen LogP contribution is 2.25. The summed E-state index contributed by atoms with van der Waals surface area (Å²) in [5.74, 6) is 0. The summed E-state index contributed by atoms with van der Waals surface area (Å²) in [6.45, 7) is 9.73. The van der Waals surface area contributed by atoms with Crippen LogP contribution in [0.15, 0.2) is 42.5 Å². The van der Waals surface area contributed by atoms with Crippen molar-refractivity contribution in [2.45, 2.75) is 40.2 Å². The SMILES string of the molecule is CCNC(CC)c1ccc(-c2ccc(C)c(C)c2)cc1. The predicted molar refractivity (Wildman–Crippen MR) is 88.1 cm³/mol. The van der Waals surface area contributed by atoms with Gasteiger partial charge in [-0.05, 0) is 54.6 Å². The lowest BCUT2D eigenvalue weighted by Gasteiger charge is -2.16. The van der Waals surface area contributed by atoms with Gasteiger partial charge in [-0.15, -0.1) is 0 Å². The molecule has 0 saturated heterocycles. The second-order valence-corrected chi connectivity index (χ2v) is 5.44. The molecule has 1 unspecified atom stereocenters. The lowest BCUT2D eigenvalue weighted by molar-refractivity contribution is 0.537. The molecule has 0 aliphatic heterocycles. The molecule has 0 heterocycles. The number of nitrogens with one attached hydrogen (secondary N) is 1. The minimum absolute atomic E-state index is 0.466. The molecule has 0 aromatic heterocycles. The van der Waals surface area contributed by atoms with E-state index in [0.29, 0.717) is 6.04 Å². The van der Waals surface area contributed by atoms with Gasteiger partial charge in [-0.2, -0.15) is 0 Å². The Hall–Kier alpha value is -1.60. The Morgan fingerprint density at radius 1 is 0.850 bits per heavy atom. The van der Waals surface area contributed by atoms with Crippen LogP contribution in [0.25, 0.3) is 11.1 Å². The van der Waals surface area contributed by atoms with Gasteiger partial charge in [0.2, 0.25) is 0 Å². The zero-order chi connectivity index (χ0) is 14.5. The number of benzene rings is 2. The van der Waals surface area contributed by atoms with Crippen LogP contribution in [0.4, 0.5) is 0 Å². The molecule has 0 spiro atoms. The van der Waals surface area contributed by atoms with E-state index in [1.54, 1.807) is 0 Å². The Bertz CT molecular complexity index is 554. The first-order chi connectivity index (χ1) is 9.65. The summed E-state index contributed by atoms with van der Waals surface area (Å²) in [5, 5.41) is 3.52. The molecule has 106 valence electrons. The molecule has 2 aromatic rings. The molecule has 2 aromatic carbocycles. The lowest BCUT2D eigenvalue weighted by atomic mass is 9.97. The van der Waals surface area contributed by atoms with Crippen molar-refractivity contribution in [2.24, 2.45) is 0 Å². The Labute approximate surface area is 123 Å². The molecular formula is C19H25N. The lowest BCUT2D eigenvalue weighted by Crippen LogP contribution is -2.19. The van der Waals surface area contributed by atoms with Crippen molar-refractivity contribution in [3.05, 3.63) is 59.2 Å². The first-order valence-corrected chi connectivity index (χ1v) is 7.56. The molecular weight excluding hydrogens is 242 g/mol. The molecule has 0 saturated carbocycles. The van der Waals surface area contributed by atoms with Gasteiger partial charge in [-0.25, -0.2) is 0 Å². The van der Waals surface area contributed by atoms with Crippen LogP contribution < -0.4 is 5.32 Å². The van der Waals surface area contributed by atoms with Gasteiger partial charge in [0.15, 0.2) is 0 Å². The highest BCUT2D eigenvalue weighted by Gasteiger charge is 2.07. The van der Waals surface area contributed by atoms with Crippen molar-refractivity contribution >= 4 is 0 Å². The molecule has 0 fully saturated rings. The number of aryl methyl sites for hydroxylation is 2. The Balaban J connectivity index is 2.25. The molecule has 1 heteroatoms. The van der Waals surface area contributed by atoms with E-state index in [2.05, 4.69) is 75.5 Å². The summed E-state index contributed by atoms with van der Waals surface area (Å²) in [7, 11) is 0. The minimum Gasteiger partial charge on any atom is -0.310 e.